The quantitative estimate of drug-likeness (QED) is 0.882. The van der Waals surface area contributed by atoms with Crippen LogP contribution in [0.25, 0.3) is 11.4 Å². The molecule has 116 valence electrons. The molecule has 1 N–H and O–H groups in total. The van der Waals surface area contributed by atoms with Crippen molar-refractivity contribution in [1.29, 1.82) is 0 Å². The lowest BCUT2D eigenvalue weighted by molar-refractivity contribution is -0.122. The predicted octanol–water partition coefficient (Wildman–Crippen LogP) is 0.774. The molecule has 1 atom stereocenters. The molecule has 1 aliphatic rings. The van der Waals surface area contributed by atoms with Gasteiger partial charge in [-0.3, -0.25) is 4.79 Å². The first-order valence-corrected chi connectivity index (χ1v) is 7.13. The number of rotatable bonds is 5. The van der Waals surface area contributed by atoms with Crippen molar-refractivity contribution < 1.29 is 13.9 Å². The summed E-state index contributed by atoms with van der Waals surface area (Å²) in [4.78, 5) is 13.0. The van der Waals surface area contributed by atoms with Gasteiger partial charge in [0.05, 0.1) is 11.7 Å². The maximum absolute atomic E-state index is 13.6. The number of amides is 1. The standard InChI is InChI=1S/C14H16FN5O2/c15-12-6-2-1-5-11(12)14-17-19-20(18-14)9-13(21)16-8-10-4-3-7-22-10/h1-2,5-6,10H,3-4,7-9H2,(H,16,21)/t10-/m1/s1. The second-order valence-corrected chi connectivity index (χ2v) is 5.06. The fourth-order valence-electron chi connectivity index (χ4n) is 2.28. The minimum Gasteiger partial charge on any atom is -0.376 e. The highest BCUT2D eigenvalue weighted by Gasteiger charge is 2.17. The summed E-state index contributed by atoms with van der Waals surface area (Å²) in [6.45, 7) is 1.17. The first-order valence-electron chi connectivity index (χ1n) is 7.13. The zero-order valence-electron chi connectivity index (χ0n) is 11.9. The number of nitrogens with one attached hydrogen (secondary N) is 1. The average molecular weight is 305 g/mol. The third-order valence-electron chi connectivity index (χ3n) is 3.40. The molecular weight excluding hydrogens is 289 g/mol. The highest BCUT2D eigenvalue weighted by molar-refractivity contribution is 5.75. The highest BCUT2D eigenvalue weighted by atomic mass is 19.1. The second-order valence-electron chi connectivity index (χ2n) is 5.06. The van der Waals surface area contributed by atoms with Gasteiger partial charge >= 0.3 is 0 Å². The van der Waals surface area contributed by atoms with Crippen LogP contribution in [0.1, 0.15) is 12.8 Å². The smallest absolute Gasteiger partial charge is 0.243 e. The maximum Gasteiger partial charge on any atom is 0.243 e. The van der Waals surface area contributed by atoms with Gasteiger partial charge in [0, 0.05) is 13.2 Å². The summed E-state index contributed by atoms with van der Waals surface area (Å²) in [5.74, 6) is -0.497. The van der Waals surface area contributed by atoms with Crippen LogP contribution in [-0.4, -0.2) is 45.4 Å². The Morgan fingerprint density at radius 1 is 1.45 bits per heavy atom. The molecule has 7 nitrogen and oxygen atoms in total. The number of tetrazole rings is 1. The molecule has 1 saturated heterocycles. The van der Waals surface area contributed by atoms with Crippen LogP contribution < -0.4 is 5.32 Å². The van der Waals surface area contributed by atoms with Crippen molar-refractivity contribution in [1.82, 2.24) is 25.5 Å². The summed E-state index contributed by atoms with van der Waals surface area (Å²) in [5.41, 5.74) is 0.258. The molecule has 0 aliphatic carbocycles. The summed E-state index contributed by atoms with van der Waals surface area (Å²) in [7, 11) is 0. The topological polar surface area (TPSA) is 81.9 Å². The Kier molecular flexibility index (Phi) is 4.38. The fraction of sp³-hybridized carbons (Fsp3) is 0.429. The molecule has 8 heteroatoms. The van der Waals surface area contributed by atoms with Crippen LogP contribution >= 0.6 is 0 Å². The van der Waals surface area contributed by atoms with E-state index in [-0.39, 0.29) is 29.9 Å². The van der Waals surface area contributed by atoms with Crippen molar-refractivity contribution in [2.75, 3.05) is 13.2 Å². The Morgan fingerprint density at radius 2 is 2.32 bits per heavy atom. The Morgan fingerprint density at radius 3 is 3.09 bits per heavy atom. The minimum atomic E-state index is -0.426. The number of carbonyl (C=O) groups excluding carboxylic acids is 1. The van der Waals surface area contributed by atoms with Crippen LogP contribution in [-0.2, 0) is 16.1 Å². The molecule has 2 heterocycles. The Hall–Kier alpha value is -2.35. The van der Waals surface area contributed by atoms with Gasteiger partial charge in [0.1, 0.15) is 12.4 Å². The molecule has 0 radical (unpaired) electrons. The number of aromatic nitrogens is 4. The van der Waals surface area contributed by atoms with E-state index in [1.54, 1.807) is 18.2 Å². The van der Waals surface area contributed by atoms with E-state index in [0.717, 1.165) is 24.2 Å². The molecule has 22 heavy (non-hydrogen) atoms. The van der Waals surface area contributed by atoms with Crippen molar-refractivity contribution in [2.24, 2.45) is 0 Å². The van der Waals surface area contributed by atoms with Crippen LogP contribution in [0, 0.1) is 5.82 Å². The average Bonchev–Trinajstić information content (AvgIpc) is 3.17. The van der Waals surface area contributed by atoms with E-state index in [1.807, 2.05) is 0 Å². The summed E-state index contributed by atoms with van der Waals surface area (Å²) in [5, 5.41) is 14.3. The van der Waals surface area contributed by atoms with E-state index in [2.05, 4.69) is 20.7 Å². The largest absolute Gasteiger partial charge is 0.376 e. The summed E-state index contributed by atoms with van der Waals surface area (Å²) < 4.78 is 19.1. The molecule has 1 fully saturated rings. The molecule has 1 aliphatic heterocycles. The monoisotopic (exact) mass is 305 g/mol. The van der Waals surface area contributed by atoms with Crippen LogP contribution in [0.5, 0.6) is 0 Å². The van der Waals surface area contributed by atoms with Gasteiger partial charge in [-0.15, -0.1) is 10.2 Å². The number of halogens is 1. The molecular formula is C14H16FN5O2. The molecule has 2 aromatic rings. The molecule has 1 aromatic carbocycles. The van der Waals surface area contributed by atoms with Gasteiger partial charge in [-0.2, -0.15) is 4.80 Å². The van der Waals surface area contributed by atoms with Crippen LogP contribution in [0.3, 0.4) is 0 Å². The normalized spacial score (nSPS) is 17.6. The second kappa shape index (κ2) is 6.61. The van der Waals surface area contributed by atoms with Crippen molar-refractivity contribution >= 4 is 5.91 Å². The molecule has 0 saturated carbocycles. The van der Waals surface area contributed by atoms with Crippen molar-refractivity contribution in [2.45, 2.75) is 25.5 Å². The summed E-state index contributed by atoms with van der Waals surface area (Å²) in [6.07, 6.45) is 2.07. The minimum absolute atomic E-state index is 0.0613. The first-order chi connectivity index (χ1) is 10.7. The number of hydrogen-bond acceptors (Lipinski definition) is 5. The zero-order chi connectivity index (χ0) is 15.4. The van der Waals surface area contributed by atoms with Crippen molar-refractivity contribution in [3.05, 3.63) is 30.1 Å². The van der Waals surface area contributed by atoms with E-state index in [4.69, 9.17) is 4.74 Å². The van der Waals surface area contributed by atoms with E-state index >= 15 is 0 Å². The van der Waals surface area contributed by atoms with Crippen LogP contribution in [0.15, 0.2) is 24.3 Å². The molecule has 3 rings (SSSR count). The summed E-state index contributed by atoms with van der Waals surface area (Å²) >= 11 is 0. The van der Waals surface area contributed by atoms with Crippen LogP contribution in [0.2, 0.25) is 0 Å². The molecule has 1 amide bonds. The van der Waals surface area contributed by atoms with Crippen molar-refractivity contribution in [3.63, 3.8) is 0 Å². The number of nitrogens with zero attached hydrogens (tertiary/aromatic N) is 4. The van der Waals surface area contributed by atoms with Gasteiger partial charge in [-0.1, -0.05) is 12.1 Å². The Bertz CT molecular complexity index is 654. The zero-order valence-corrected chi connectivity index (χ0v) is 11.9. The summed E-state index contributed by atoms with van der Waals surface area (Å²) in [6, 6.07) is 6.16. The van der Waals surface area contributed by atoms with Gasteiger partial charge in [0.15, 0.2) is 0 Å². The third kappa shape index (κ3) is 3.45. The lowest BCUT2D eigenvalue weighted by Crippen LogP contribution is -2.34. The molecule has 0 spiro atoms. The number of hydrogen-bond donors (Lipinski definition) is 1. The molecule has 0 bridgehead atoms. The Balaban J connectivity index is 1.57. The van der Waals surface area contributed by atoms with Gasteiger partial charge in [-0.25, -0.2) is 4.39 Å². The van der Waals surface area contributed by atoms with Gasteiger partial charge in [-0.05, 0) is 30.2 Å². The molecule has 0 unspecified atom stereocenters. The van der Waals surface area contributed by atoms with E-state index in [1.165, 1.54) is 6.07 Å². The molecule has 1 aromatic heterocycles. The highest BCUT2D eigenvalue weighted by Crippen LogP contribution is 2.17. The van der Waals surface area contributed by atoms with Gasteiger partial charge in [0.25, 0.3) is 0 Å². The van der Waals surface area contributed by atoms with Crippen molar-refractivity contribution in [3.8, 4) is 11.4 Å². The predicted molar refractivity (Wildman–Crippen MR) is 75.2 cm³/mol. The van der Waals surface area contributed by atoms with E-state index < -0.39 is 5.82 Å². The first kappa shape index (κ1) is 14.6. The SMILES string of the molecule is O=C(Cn1nnc(-c2ccccc2F)n1)NC[C@H]1CCCO1. The van der Waals surface area contributed by atoms with E-state index in [9.17, 15) is 9.18 Å². The number of benzene rings is 1. The number of carbonyl (C=O) groups is 1. The fourth-order valence-corrected chi connectivity index (χ4v) is 2.28. The van der Waals surface area contributed by atoms with E-state index in [0.29, 0.717) is 6.54 Å². The third-order valence-corrected chi connectivity index (χ3v) is 3.40. The maximum atomic E-state index is 13.6. The number of ether oxygens (including phenoxy) is 1. The van der Waals surface area contributed by atoms with Gasteiger partial charge in [0.2, 0.25) is 11.7 Å². The lowest BCUT2D eigenvalue weighted by Gasteiger charge is -2.10. The Labute approximate surface area is 126 Å². The van der Waals surface area contributed by atoms with Gasteiger partial charge < -0.3 is 10.1 Å². The van der Waals surface area contributed by atoms with Crippen LogP contribution in [0.4, 0.5) is 4.39 Å². The lowest BCUT2D eigenvalue weighted by atomic mass is 10.2.